The zero-order valence-corrected chi connectivity index (χ0v) is 10.00. The highest BCUT2D eigenvalue weighted by Gasteiger charge is 1.93. The zero-order valence-electron chi connectivity index (χ0n) is 10.00. The molecule has 1 aromatic carbocycles. The first-order valence-electron chi connectivity index (χ1n) is 6.13. The first kappa shape index (κ1) is 12.0. The van der Waals surface area contributed by atoms with Crippen molar-refractivity contribution in [2.75, 3.05) is 0 Å². The van der Waals surface area contributed by atoms with Gasteiger partial charge in [0.25, 0.3) is 0 Å². The van der Waals surface area contributed by atoms with Gasteiger partial charge in [-0.05, 0) is 30.4 Å². The third-order valence-corrected chi connectivity index (χ3v) is 2.71. The lowest BCUT2D eigenvalue weighted by Gasteiger charge is -2.01. The van der Waals surface area contributed by atoms with Gasteiger partial charge in [0.1, 0.15) is 0 Å². The van der Waals surface area contributed by atoms with Gasteiger partial charge in [-0.1, -0.05) is 63.1 Å². The fourth-order valence-corrected chi connectivity index (χ4v) is 1.74. The van der Waals surface area contributed by atoms with Crippen molar-refractivity contribution in [3.05, 3.63) is 41.5 Å². The summed E-state index contributed by atoms with van der Waals surface area (Å²) in [5, 5.41) is 0. The van der Waals surface area contributed by atoms with Crippen LogP contribution in [0.4, 0.5) is 0 Å². The van der Waals surface area contributed by atoms with Crippen LogP contribution in [-0.4, -0.2) is 0 Å². The summed E-state index contributed by atoms with van der Waals surface area (Å²) in [4.78, 5) is 0. The van der Waals surface area contributed by atoms with E-state index in [-0.39, 0.29) is 0 Å². The molecule has 0 amide bonds. The highest BCUT2D eigenvalue weighted by atomic mass is 14.0. The molecule has 0 nitrogen and oxygen atoms in total. The Morgan fingerprint density at radius 1 is 1.07 bits per heavy atom. The van der Waals surface area contributed by atoms with Crippen LogP contribution in [0.15, 0.2) is 30.3 Å². The van der Waals surface area contributed by atoms with Crippen molar-refractivity contribution in [2.45, 2.75) is 46.0 Å². The maximum atomic E-state index is 2.31. The van der Waals surface area contributed by atoms with Crippen LogP contribution in [-0.2, 0) is 6.42 Å². The van der Waals surface area contributed by atoms with Crippen LogP contribution in [0.25, 0.3) is 6.08 Å². The largest absolute Gasteiger partial charge is 0.0839 e. The molecule has 0 atom stereocenters. The number of unbranched alkanes of at least 4 members (excludes halogenated alkanes) is 3. The summed E-state index contributed by atoms with van der Waals surface area (Å²) in [5.74, 6) is 0. The molecule has 0 saturated heterocycles. The van der Waals surface area contributed by atoms with Gasteiger partial charge in [0.05, 0.1) is 0 Å². The van der Waals surface area contributed by atoms with E-state index in [1.165, 1.54) is 36.8 Å². The van der Waals surface area contributed by atoms with Gasteiger partial charge in [-0.25, -0.2) is 0 Å². The van der Waals surface area contributed by atoms with Crippen molar-refractivity contribution in [3.8, 4) is 0 Å². The van der Waals surface area contributed by atoms with Crippen molar-refractivity contribution in [2.24, 2.45) is 0 Å². The zero-order chi connectivity index (χ0) is 10.9. The van der Waals surface area contributed by atoms with Gasteiger partial charge in [-0.15, -0.1) is 0 Å². The van der Waals surface area contributed by atoms with Crippen LogP contribution < -0.4 is 0 Å². The Hall–Kier alpha value is -1.04. The quantitative estimate of drug-likeness (QED) is 0.579. The summed E-state index contributed by atoms with van der Waals surface area (Å²) in [7, 11) is 0. The first-order chi connectivity index (χ1) is 7.38. The van der Waals surface area contributed by atoms with E-state index in [0.717, 1.165) is 6.42 Å². The van der Waals surface area contributed by atoms with Crippen LogP contribution in [0.5, 0.6) is 0 Å². The van der Waals surface area contributed by atoms with Gasteiger partial charge < -0.3 is 0 Å². The Morgan fingerprint density at radius 2 is 1.87 bits per heavy atom. The maximum Gasteiger partial charge on any atom is -0.0228 e. The number of rotatable bonds is 6. The number of benzene rings is 1. The molecule has 0 aliphatic rings. The molecule has 0 unspecified atom stereocenters. The van der Waals surface area contributed by atoms with Gasteiger partial charge in [-0.3, -0.25) is 0 Å². The summed E-state index contributed by atoms with van der Waals surface area (Å²) < 4.78 is 0. The van der Waals surface area contributed by atoms with Crippen molar-refractivity contribution in [1.82, 2.24) is 0 Å². The minimum atomic E-state index is 1.12. The van der Waals surface area contributed by atoms with E-state index in [2.05, 4.69) is 50.3 Å². The van der Waals surface area contributed by atoms with Crippen LogP contribution in [0.1, 0.15) is 50.7 Å². The first-order valence-corrected chi connectivity index (χ1v) is 6.13. The van der Waals surface area contributed by atoms with Crippen LogP contribution >= 0.6 is 0 Å². The molecule has 0 heteroatoms. The summed E-state index contributed by atoms with van der Waals surface area (Å²) in [6, 6.07) is 8.65. The molecule has 0 fully saturated rings. The maximum absolute atomic E-state index is 2.31. The molecule has 0 aliphatic carbocycles. The summed E-state index contributed by atoms with van der Waals surface area (Å²) in [6.07, 6.45) is 10.9. The lowest BCUT2D eigenvalue weighted by Crippen LogP contribution is -1.84. The lowest BCUT2D eigenvalue weighted by molar-refractivity contribution is 0.730. The fourth-order valence-electron chi connectivity index (χ4n) is 1.74. The molecule has 0 heterocycles. The molecule has 0 aromatic heterocycles. The second-order valence-electron chi connectivity index (χ2n) is 3.95. The van der Waals surface area contributed by atoms with Gasteiger partial charge in [0.2, 0.25) is 0 Å². The Bertz CT molecular complexity index is 297. The standard InChI is InChI=1S/C15H22/c1-3-5-6-7-8-12-15-13-10-9-11-14(15)4-2/h8-13H,3-7H2,1-2H3/b12-8+. The summed E-state index contributed by atoms with van der Waals surface area (Å²) >= 11 is 0. The number of allylic oxidation sites excluding steroid dienone is 1. The van der Waals surface area contributed by atoms with Gasteiger partial charge >= 0.3 is 0 Å². The summed E-state index contributed by atoms with van der Waals surface area (Å²) in [6.45, 7) is 4.46. The van der Waals surface area contributed by atoms with Gasteiger partial charge in [0.15, 0.2) is 0 Å². The smallest absolute Gasteiger partial charge is 0.0228 e. The molecule has 0 bridgehead atoms. The van der Waals surface area contributed by atoms with E-state index in [0.29, 0.717) is 0 Å². The SMILES string of the molecule is CCCCC/C=C/c1ccccc1CC. The van der Waals surface area contributed by atoms with Crippen molar-refractivity contribution >= 4 is 6.08 Å². The normalized spacial score (nSPS) is 11.1. The molecule has 1 aromatic rings. The minimum absolute atomic E-state index is 1.12. The highest BCUT2D eigenvalue weighted by Crippen LogP contribution is 2.12. The molecule has 0 spiro atoms. The van der Waals surface area contributed by atoms with Crippen molar-refractivity contribution in [1.29, 1.82) is 0 Å². The van der Waals surface area contributed by atoms with Gasteiger partial charge in [0, 0.05) is 0 Å². The van der Waals surface area contributed by atoms with Crippen molar-refractivity contribution in [3.63, 3.8) is 0 Å². The molecule has 0 aliphatic heterocycles. The second-order valence-corrected chi connectivity index (χ2v) is 3.95. The van der Waals surface area contributed by atoms with Crippen LogP contribution in [0.3, 0.4) is 0 Å². The number of hydrogen-bond acceptors (Lipinski definition) is 0. The minimum Gasteiger partial charge on any atom is -0.0839 e. The van der Waals surface area contributed by atoms with E-state index in [1.807, 2.05) is 0 Å². The second kappa shape index (κ2) is 7.28. The molecule has 82 valence electrons. The van der Waals surface area contributed by atoms with E-state index in [4.69, 9.17) is 0 Å². The van der Waals surface area contributed by atoms with Crippen LogP contribution in [0, 0.1) is 0 Å². The predicted molar refractivity (Wildman–Crippen MR) is 69.0 cm³/mol. The molecule has 15 heavy (non-hydrogen) atoms. The third-order valence-electron chi connectivity index (χ3n) is 2.71. The van der Waals surface area contributed by atoms with Crippen molar-refractivity contribution < 1.29 is 0 Å². The molecular formula is C15H22. The predicted octanol–water partition coefficient (Wildman–Crippen LogP) is 4.84. The molecule has 0 radical (unpaired) electrons. The Morgan fingerprint density at radius 3 is 2.60 bits per heavy atom. The lowest BCUT2D eigenvalue weighted by atomic mass is 10.0. The fraction of sp³-hybridized carbons (Fsp3) is 0.467. The number of aryl methyl sites for hydroxylation is 1. The Kier molecular flexibility index (Phi) is 5.84. The van der Waals surface area contributed by atoms with E-state index < -0.39 is 0 Å². The van der Waals surface area contributed by atoms with E-state index in [9.17, 15) is 0 Å². The molecule has 0 saturated carbocycles. The van der Waals surface area contributed by atoms with E-state index >= 15 is 0 Å². The Labute approximate surface area is 94.0 Å². The molecule has 0 N–H and O–H groups in total. The molecular weight excluding hydrogens is 180 g/mol. The number of hydrogen-bond donors (Lipinski definition) is 0. The Balaban J connectivity index is 2.48. The van der Waals surface area contributed by atoms with Crippen LogP contribution in [0.2, 0.25) is 0 Å². The molecule has 1 rings (SSSR count). The topological polar surface area (TPSA) is 0 Å². The third kappa shape index (κ3) is 4.33. The van der Waals surface area contributed by atoms with E-state index in [1.54, 1.807) is 0 Å². The summed E-state index contributed by atoms with van der Waals surface area (Å²) in [5.41, 5.74) is 2.83. The monoisotopic (exact) mass is 202 g/mol. The highest BCUT2D eigenvalue weighted by molar-refractivity contribution is 5.53. The van der Waals surface area contributed by atoms with Gasteiger partial charge in [-0.2, -0.15) is 0 Å². The average molecular weight is 202 g/mol. The average Bonchev–Trinajstić information content (AvgIpc) is 2.29.